The second-order valence-corrected chi connectivity index (χ2v) is 3.97. The summed E-state index contributed by atoms with van der Waals surface area (Å²) < 4.78 is 0. The third kappa shape index (κ3) is 2.69. The molecule has 3 nitrogen and oxygen atoms in total. The average Bonchev–Trinajstić information content (AvgIpc) is 2.18. The van der Waals surface area contributed by atoms with E-state index in [4.69, 9.17) is 0 Å². The van der Waals surface area contributed by atoms with Gasteiger partial charge in [-0.1, -0.05) is 6.07 Å². The first-order valence-corrected chi connectivity index (χ1v) is 5.47. The number of hydrogen-bond donors (Lipinski definition) is 1. The van der Waals surface area contributed by atoms with Crippen LogP contribution in [0.2, 0.25) is 0 Å². The first kappa shape index (κ1) is 12.0. The van der Waals surface area contributed by atoms with Crippen LogP contribution < -0.4 is 4.90 Å². The number of rotatable bonds is 4. The summed E-state index contributed by atoms with van der Waals surface area (Å²) in [4.78, 5) is 6.54. The van der Waals surface area contributed by atoms with Gasteiger partial charge in [0.1, 0.15) is 5.82 Å². The van der Waals surface area contributed by atoms with Gasteiger partial charge in [0.05, 0.1) is 6.10 Å². The lowest BCUT2D eigenvalue weighted by atomic mass is 10.1. The lowest BCUT2D eigenvalue weighted by Crippen LogP contribution is -2.32. The van der Waals surface area contributed by atoms with E-state index in [1.807, 2.05) is 12.1 Å². The third-order valence-corrected chi connectivity index (χ3v) is 2.50. The van der Waals surface area contributed by atoms with Crippen LogP contribution in [0.15, 0.2) is 18.3 Å². The van der Waals surface area contributed by atoms with Crippen molar-refractivity contribution >= 4 is 5.82 Å². The number of pyridine rings is 1. The van der Waals surface area contributed by atoms with E-state index in [0.717, 1.165) is 17.9 Å². The number of aliphatic hydroxyl groups is 1. The second kappa shape index (κ2) is 5.12. The molecule has 0 saturated heterocycles. The summed E-state index contributed by atoms with van der Waals surface area (Å²) in [5.74, 6) is 0.894. The zero-order chi connectivity index (χ0) is 11.4. The van der Waals surface area contributed by atoms with Gasteiger partial charge in [0, 0.05) is 24.3 Å². The number of aromatic nitrogens is 1. The molecule has 0 saturated carbocycles. The quantitative estimate of drug-likeness (QED) is 0.825. The lowest BCUT2D eigenvalue weighted by molar-refractivity contribution is 0.199. The molecule has 0 spiro atoms. The average molecular weight is 208 g/mol. The van der Waals surface area contributed by atoms with Crippen LogP contribution in [0.5, 0.6) is 0 Å². The largest absolute Gasteiger partial charge is 0.389 e. The molecule has 0 aliphatic rings. The van der Waals surface area contributed by atoms with Crippen molar-refractivity contribution in [1.29, 1.82) is 0 Å². The highest BCUT2D eigenvalue weighted by Crippen LogP contribution is 2.24. The Morgan fingerprint density at radius 1 is 1.40 bits per heavy atom. The maximum Gasteiger partial charge on any atom is 0.134 e. The highest BCUT2D eigenvalue weighted by molar-refractivity contribution is 5.48. The molecule has 1 aromatic rings. The molecule has 15 heavy (non-hydrogen) atoms. The minimum atomic E-state index is -0.471. The molecule has 0 aliphatic heterocycles. The van der Waals surface area contributed by atoms with Crippen LogP contribution in [0, 0.1) is 0 Å². The summed E-state index contributed by atoms with van der Waals surface area (Å²) in [6, 6.07) is 4.18. The zero-order valence-electron chi connectivity index (χ0n) is 9.94. The Balaban J connectivity index is 3.11. The maximum absolute atomic E-state index is 9.66. The Morgan fingerprint density at radius 2 is 2.07 bits per heavy atom. The minimum Gasteiger partial charge on any atom is -0.389 e. The summed E-state index contributed by atoms with van der Waals surface area (Å²) in [5.41, 5.74) is 0.896. The SMILES string of the molecule is CCN(c1ncccc1[C@@H](C)O)C(C)C. The van der Waals surface area contributed by atoms with Crippen molar-refractivity contribution in [2.75, 3.05) is 11.4 Å². The van der Waals surface area contributed by atoms with Crippen molar-refractivity contribution < 1.29 is 5.11 Å². The Labute approximate surface area is 91.8 Å². The molecule has 0 aliphatic carbocycles. The smallest absolute Gasteiger partial charge is 0.134 e. The van der Waals surface area contributed by atoms with Crippen molar-refractivity contribution in [2.24, 2.45) is 0 Å². The topological polar surface area (TPSA) is 36.4 Å². The fourth-order valence-corrected chi connectivity index (χ4v) is 1.73. The Hall–Kier alpha value is -1.09. The van der Waals surface area contributed by atoms with Crippen LogP contribution in [0.3, 0.4) is 0 Å². The molecule has 1 aromatic heterocycles. The summed E-state index contributed by atoms with van der Waals surface area (Å²) in [6.45, 7) is 9.03. The van der Waals surface area contributed by atoms with Gasteiger partial charge in [-0.2, -0.15) is 0 Å². The highest BCUT2D eigenvalue weighted by atomic mass is 16.3. The lowest BCUT2D eigenvalue weighted by Gasteiger charge is -2.28. The van der Waals surface area contributed by atoms with Crippen LogP contribution in [0.25, 0.3) is 0 Å². The first-order chi connectivity index (χ1) is 7.07. The molecular formula is C12H20N2O. The Kier molecular flexibility index (Phi) is 4.09. The van der Waals surface area contributed by atoms with Crippen LogP contribution in [-0.2, 0) is 0 Å². The van der Waals surface area contributed by atoms with E-state index in [1.165, 1.54) is 0 Å². The predicted molar refractivity (Wildman–Crippen MR) is 63.0 cm³/mol. The second-order valence-electron chi connectivity index (χ2n) is 3.97. The van der Waals surface area contributed by atoms with Gasteiger partial charge < -0.3 is 10.0 Å². The molecule has 84 valence electrons. The Bertz CT molecular complexity index is 310. The van der Waals surface area contributed by atoms with Crippen LogP contribution in [0.1, 0.15) is 39.4 Å². The summed E-state index contributed by atoms with van der Waals surface area (Å²) >= 11 is 0. The van der Waals surface area contributed by atoms with Gasteiger partial charge in [-0.15, -0.1) is 0 Å². The molecule has 0 aromatic carbocycles. The van der Waals surface area contributed by atoms with Gasteiger partial charge in [-0.25, -0.2) is 4.98 Å². The number of anilines is 1. The van der Waals surface area contributed by atoms with E-state index in [-0.39, 0.29) is 0 Å². The number of nitrogens with zero attached hydrogens (tertiary/aromatic N) is 2. The normalized spacial score (nSPS) is 12.9. The molecular weight excluding hydrogens is 188 g/mol. The van der Waals surface area contributed by atoms with Gasteiger partial charge >= 0.3 is 0 Å². The van der Waals surface area contributed by atoms with E-state index in [0.29, 0.717) is 6.04 Å². The molecule has 1 heterocycles. The molecule has 3 heteroatoms. The summed E-state index contributed by atoms with van der Waals surface area (Å²) in [6.07, 6.45) is 1.30. The molecule has 0 radical (unpaired) electrons. The van der Waals surface area contributed by atoms with E-state index in [1.54, 1.807) is 13.1 Å². The molecule has 0 amide bonds. The summed E-state index contributed by atoms with van der Waals surface area (Å²) in [5, 5.41) is 9.66. The predicted octanol–water partition coefficient (Wildman–Crippen LogP) is 2.37. The van der Waals surface area contributed by atoms with Gasteiger partial charge in [0.15, 0.2) is 0 Å². The molecule has 1 atom stereocenters. The van der Waals surface area contributed by atoms with Crippen molar-refractivity contribution in [1.82, 2.24) is 4.98 Å². The van der Waals surface area contributed by atoms with E-state index in [2.05, 4.69) is 30.7 Å². The molecule has 0 unspecified atom stereocenters. The molecule has 1 N–H and O–H groups in total. The van der Waals surface area contributed by atoms with Crippen LogP contribution >= 0.6 is 0 Å². The first-order valence-electron chi connectivity index (χ1n) is 5.47. The van der Waals surface area contributed by atoms with E-state index < -0.39 is 6.10 Å². The van der Waals surface area contributed by atoms with Crippen LogP contribution in [0.4, 0.5) is 5.82 Å². The molecule has 0 fully saturated rings. The van der Waals surface area contributed by atoms with Gasteiger partial charge in [0.2, 0.25) is 0 Å². The van der Waals surface area contributed by atoms with Crippen LogP contribution in [-0.4, -0.2) is 22.7 Å². The highest BCUT2D eigenvalue weighted by Gasteiger charge is 2.16. The monoisotopic (exact) mass is 208 g/mol. The van der Waals surface area contributed by atoms with E-state index in [9.17, 15) is 5.11 Å². The summed E-state index contributed by atoms with van der Waals surface area (Å²) in [7, 11) is 0. The minimum absolute atomic E-state index is 0.391. The van der Waals surface area contributed by atoms with E-state index >= 15 is 0 Å². The maximum atomic E-state index is 9.66. The Morgan fingerprint density at radius 3 is 2.53 bits per heavy atom. The van der Waals surface area contributed by atoms with Crippen molar-refractivity contribution in [3.8, 4) is 0 Å². The van der Waals surface area contributed by atoms with Crippen molar-refractivity contribution in [3.05, 3.63) is 23.9 Å². The zero-order valence-corrected chi connectivity index (χ0v) is 9.94. The standard InChI is InChI=1S/C12H20N2O/c1-5-14(9(2)3)12-11(10(4)15)7-6-8-13-12/h6-10,15H,5H2,1-4H3/t10-/m1/s1. The van der Waals surface area contributed by atoms with Gasteiger partial charge in [0.25, 0.3) is 0 Å². The molecule has 0 bridgehead atoms. The van der Waals surface area contributed by atoms with Gasteiger partial charge in [-0.05, 0) is 33.8 Å². The molecule has 1 rings (SSSR count). The third-order valence-electron chi connectivity index (χ3n) is 2.50. The van der Waals surface area contributed by atoms with Crippen molar-refractivity contribution in [3.63, 3.8) is 0 Å². The fourth-order valence-electron chi connectivity index (χ4n) is 1.73. The van der Waals surface area contributed by atoms with Gasteiger partial charge in [-0.3, -0.25) is 0 Å². The van der Waals surface area contributed by atoms with Crippen molar-refractivity contribution in [2.45, 2.75) is 39.8 Å². The number of hydrogen-bond acceptors (Lipinski definition) is 3. The fraction of sp³-hybridized carbons (Fsp3) is 0.583. The number of aliphatic hydroxyl groups excluding tert-OH is 1.